The van der Waals surface area contributed by atoms with Crippen LogP contribution >= 0.6 is 0 Å². The van der Waals surface area contributed by atoms with Crippen LogP contribution in [0.25, 0.3) is 0 Å². The minimum atomic E-state index is -0.706. The third kappa shape index (κ3) is 16.6. The lowest BCUT2D eigenvalue weighted by molar-refractivity contribution is -0.158. The Hall–Kier alpha value is -1.06. The van der Waals surface area contributed by atoms with Crippen molar-refractivity contribution in [3.05, 3.63) is 0 Å². The average molecular weight is 455 g/mol. The molecule has 0 aromatic carbocycles. The molecule has 0 heterocycles. The number of carbonyl (C=O) groups is 2. The van der Waals surface area contributed by atoms with Crippen LogP contribution in [0.3, 0.4) is 0 Å². The van der Waals surface area contributed by atoms with Crippen molar-refractivity contribution in [1.82, 2.24) is 0 Å². The Kier molecular flexibility index (Phi) is 21.0. The highest BCUT2D eigenvalue weighted by molar-refractivity contribution is 5.76. The van der Waals surface area contributed by atoms with Crippen LogP contribution in [0.15, 0.2) is 0 Å². The normalized spacial score (nSPS) is 11.6. The number of carboxylic acid groups (broad SMARTS) is 1. The number of carbonyl (C=O) groups excluding carboxylic acids is 1. The molecule has 4 nitrogen and oxygen atoms in total. The Morgan fingerprint density at radius 1 is 0.594 bits per heavy atom. The van der Waals surface area contributed by atoms with E-state index < -0.39 is 5.97 Å². The first-order valence-corrected chi connectivity index (χ1v) is 13.9. The zero-order valence-corrected chi connectivity index (χ0v) is 21.7. The van der Waals surface area contributed by atoms with Gasteiger partial charge in [-0.1, -0.05) is 117 Å². The quantitative estimate of drug-likeness (QED) is 0.117. The number of aliphatic carboxylic acids is 1. The standard InChI is InChI=1S/C28H54O4/c1-4-7-10-11-12-13-17-20-25-32-27(31)28(22-8-5-2,23-9-6-3)24-19-16-14-15-18-21-26(29)30/h4-25H2,1-3H3,(H,29,30). The Morgan fingerprint density at radius 3 is 1.56 bits per heavy atom. The lowest BCUT2D eigenvalue weighted by Crippen LogP contribution is -2.33. The van der Waals surface area contributed by atoms with Gasteiger partial charge >= 0.3 is 11.9 Å². The number of carboxylic acids is 1. The largest absolute Gasteiger partial charge is 0.481 e. The molecule has 0 aliphatic carbocycles. The van der Waals surface area contributed by atoms with Crippen molar-refractivity contribution in [3.63, 3.8) is 0 Å². The molecule has 32 heavy (non-hydrogen) atoms. The van der Waals surface area contributed by atoms with Crippen molar-refractivity contribution in [3.8, 4) is 0 Å². The summed E-state index contributed by atoms with van der Waals surface area (Å²) in [5.41, 5.74) is -0.312. The van der Waals surface area contributed by atoms with E-state index in [4.69, 9.17) is 9.84 Å². The summed E-state index contributed by atoms with van der Waals surface area (Å²) in [5, 5.41) is 8.76. The van der Waals surface area contributed by atoms with Gasteiger partial charge in [-0.25, -0.2) is 0 Å². The second kappa shape index (κ2) is 21.8. The van der Waals surface area contributed by atoms with Crippen LogP contribution in [0.4, 0.5) is 0 Å². The van der Waals surface area contributed by atoms with Gasteiger partial charge in [0.25, 0.3) is 0 Å². The van der Waals surface area contributed by atoms with Gasteiger partial charge in [0.05, 0.1) is 12.0 Å². The summed E-state index contributed by atoms with van der Waals surface area (Å²) in [6.07, 6.45) is 22.3. The van der Waals surface area contributed by atoms with E-state index in [1.165, 1.54) is 38.5 Å². The molecule has 4 heteroatoms. The highest BCUT2D eigenvalue weighted by atomic mass is 16.5. The monoisotopic (exact) mass is 454 g/mol. The molecule has 0 bridgehead atoms. The van der Waals surface area contributed by atoms with Gasteiger partial charge < -0.3 is 9.84 Å². The fraction of sp³-hybridized carbons (Fsp3) is 0.929. The molecule has 0 radical (unpaired) electrons. The van der Waals surface area contributed by atoms with E-state index in [1.807, 2.05) is 0 Å². The van der Waals surface area contributed by atoms with Crippen LogP contribution in [-0.2, 0) is 14.3 Å². The van der Waals surface area contributed by atoms with Gasteiger partial charge in [0.15, 0.2) is 0 Å². The molecule has 0 rings (SSSR count). The molecule has 1 N–H and O–H groups in total. The van der Waals surface area contributed by atoms with Gasteiger partial charge in [-0.15, -0.1) is 0 Å². The smallest absolute Gasteiger partial charge is 0.312 e. The Morgan fingerprint density at radius 2 is 1.03 bits per heavy atom. The van der Waals surface area contributed by atoms with E-state index >= 15 is 0 Å². The fourth-order valence-electron chi connectivity index (χ4n) is 4.54. The lowest BCUT2D eigenvalue weighted by atomic mass is 9.74. The average Bonchev–Trinajstić information content (AvgIpc) is 2.78. The van der Waals surface area contributed by atoms with Crippen molar-refractivity contribution in [1.29, 1.82) is 0 Å². The molecule has 0 amide bonds. The summed E-state index contributed by atoms with van der Waals surface area (Å²) in [6.45, 7) is 7.21. The maximum atomic E-state index is 13.2. The number of hydrogen-bond donors (Lipinski definition) is 1. The van der Waals surface area contributed by atoms with Crippen LogP contribution in [0.2, 0.25) is 0 Å². The second-order valence-electron chi connectivity index (χ2n) is 9.76. The van der Waals surface area contributed by atoms with Crippen LogP contribution in [0.5, 0.6) is 0 Å². The van der Waals surface area contributed by atoms with E-state index in [9.17, 15) is 9.59 Å². The minimum absolute atomic E-state index is 0.0493. The molecule has 0 aliphatic heterocycles. The van der Waals surface area contributed by atoms with Gasteiger partial charge in [-0.05, 0) is 32.1 Å². The summed E-state index contributed by atoms with van der Waals surface area (Å²) in [6, 6.07) is 0. The summed E-state index contributed by atoms with van der Waals surface area (Å²) >= 11 is 0. The number of hydrogen-bond acceptors (Lipinski definition) is 3. The third-order valence-electron chi connectivity index (χ3n) is 6.73. The van der Waals surface area contributed by atoms with Crippen LogP contribution in [-0.4, -0.2) is 23.7 Å². The number of unbranched alkanes of at least 4 members (excludes halogenated alkanes) is 13. The van der Waals surface area contributed by atoms with E-state index in [0.717, 1.165) is 89.9 Å². The number of rotatable bonds is 24. The molecule has 0 aromatic rings. The molecule has 0 saturated heterocycles. The molecule has 0 saturated carbocycles. The zero-order valence-electron chi connectivity index (χ0n) is 21.7. The van der Waals surface area contributed by atoms with Crippen LogP contribution < -0.4 is 0 Å². The summed E-state index contributed by atoms with van der Waals surface area (Å²) in [7, 11) is 0. The third-order valence-corrected chi connectivity index (χ3v) is 6.73. The highest BCUT2D eigenvalue weighted by Gasteiger charge is 2.38. The van der Waals surface area contributed by atoms with Crippen molar-refractivity contribution >= 4 is 11.9 Å². The molecule has 0 unspecified atom stereocenters. The van der Waals surface area contributed by atoms with E-state index in [2.05, 4.69) is 20.8 Å². The first-order chi connectivity index (χ1) is 15.5. The first-order valence-electron chi connectivity index (χ1n) is 13.9. The Bertz CT molecular complexity index is 439. The maximum absolute atomic E-state index is 13.2. The van der Waals surface area contributed by atoms with E-state index in [0.29, 0.717) is 6.61 Å². The summed E-state index contributed by atoms with van der Waals surface area (Å²) < 4.78 is 5.86. The van der Waals surface area contributed by atoms with E-state index in [1.54, 1.807) is 0 Å². The molecule has 190 valence electrons. The van der Waals surface area contributed by atoms with Crippen LogP contribution in [0.1, 0.15) is 156 Å². The van der Waals surface area contributed by atoms with Crippen molar-refractivity contribution in [2.45, 2.75) is 156 Å². The minimum Gasteiger partial charge on any atom is -0.481 e. The lowest BCUT2D eigenvalue weighted by Gasteiger charge is -2.32. The predicted molar refractivity (Wildman–Crippen MR) is 135 cm³/mol. The maximum Gasteiger partial charge on any atom is 0.312 e. The summed E-state index contributed by atoms with van der Waals surface area (Å²) in [5.74, 6) is -0.657. The fourth-order valence-corrected chi connectivity index (χ4v) is 4.54. The zero-order chi connectivity index (χ0) is 23.9. The number of esters is 1. The molecule has 0 fully saturated rings. The van der Waals surface area contributed by atoms with Crippen LogP contribution in [0, 0.1) is 5.41 Å². The molecular formula is C28H54O4. The summed E-state index contributed by atoms with van der Waals surface area (Å²) in [4.78, 5) is 23.9. The van der Waals surface area contributed by atoms with Gasteiger partial charge in [-0.2, -0.15) is 0 Å². The second-order valence-corrected chi connectivity index (χ2v) is 9.76. The van der Waals surface area contributed by atoms with Gasteiger partial charge in [0.2, 0.25) is 0 Å². The molecular weight excluding hydrogens is 400 g/mol. The van der Waals surface area contributed by atoms with Gasteiger partial charge in [-0.3, -0.25) is 9.59 Å². The van der Waals surface area contributed by atoms with Crippen molar-refractivity contribution < 1.29 is 19.4 Å². The molecule has 0 atom stereocenters. The highest BCUT2D eigenvalue weighted by Crippen LogP contribution is 2.38. The molecule has 0 aromatic heterocycles. The van der Waals surface area contributed by atoms with E-state index in [-0.39, 0.29) is 17.8 Å². The Balaban J connectivity index is 4.47. The van der Waals surface area contributed by atoms with Crippen molar-refractivity contribution in [2.75, 3.05) is 6.61 Å². The van der Waals surface area contributed by atoms with Crippen molar-refractivity contribution in [2.24, 2.45) is 5.41 Å². The topological polar surface area (TPSA) is 63.6 Å². The van der Waals surface area contributed by atoms with Gasteiger partial charge in [0.1, 0.15) is 0 Å². The molecule has 0 aliphatic rings. The molecule has 0 spiro atoms. The predicted octanol–water partition coefficient (Wildman–Crippen LogP) is 8.85. The SMILES string of the molecule is CCCCCCCCCCOC(=O)C(CCCC)(CCCC)CCCCCCCC(=O)O. The Labute approximate surface area is 199 Å². The number of ether oxygens (including phenoxy) is 1. The first kappa shape index (κ1) is 30.9. The van der Waals surface area contributed by atoms with Gasteiger partial charge in [0, 0.05) is 6.42 Å².